The van der Waals surface area contributed by atoms with Crippen molar-refractivity contribution in [3.63, 3.8) is 0 Å². The summed E-state index contributed by atoms with van der Waals surface area (Å²) in [6.07, 6.45) is 1.18. The zero-order valence-corrected chi connectivity index (χ0v) is 14.6. The standard InChI is InChI=1S/C16H27N3O5/c1-16(2,3)24-15(22)19-7-8-23-11(10-19)9-17-14(21)12-5-4-6-13(20)18-12/h11-12H,4-10H2,1-3H3,(H,17,21)(H,18,20). The number of rotatable bonds is 3. The van der Waals surface area contributed by atoms with Gasteiger partial charge in [0.15, 0.2) is 0 Å². The van der Waals surface area contributed by atoms with E-state index in [2.05, 4.69) is 10.6 Å². The minimum atomic E-state index is -0.543. The van der Waals surface area contributed by atoms with Gasteiger partial charge in [0.1, 0.15) is 11.6 Å². The average Bonchev–Trinajstić information content (AvgIpc) is 2.51. The highest BCUT2D eigenvalue weighted by Crippen LogP contribution is 2.13. The zero-order chi connectivity index (χ0) is 17.7. The lowest BCUT2D eigenvalue weighted by atomic mass is 10.0. The van der Waals surface area contributed by atoms with Crippen molar-refractivity contribution >= 4 is 17.9 Å². The highest BCUT2D eigenvalue weighted by atomic mass is 16.6. The highest BCUT2D eigenvalue weighted by molar-refractivity contribution is 5.88. The van der Waals surface area contributed by atoms with Crippen LogP contribution in [-0.4, -0.2) is 66.8 Å². The van der Waals surface area contributed by atoms with E-state index in [1.807, 2.05) is 20.8 Å². The summed E-state index contributed by atoms with van der Waals surface area (Å²) < 4.78 is 11.0. The molecule has 2 unspecified atom stereocenters. The summed E-state index contributed by atoms with van der Waals surface area (Å²) in [5.41, 5.74) is -0.543. The van der Waals surface area contributed by atoms with Crippen LogP contribution in [0.4, 0.5) is 4.79 Å². The lowest BCUT2D eigenvalue weighted by Crippen LogP contribution is -2.54. The molecular formula is C16H27N3O5. The van der Waals surface area contributed by atoms with Crippen LogP contribution in [0, 0.1) is 0 Å². The van der Waals surface area contributed by atoms with E-state index in [1.165, 1.54) is 0 Å². The van der Waals surface area contributed by atoms with Gasteiger partial charge in [0.25, 0.3) is 0 Å². The van der Waals surface area contributed by atoms with Crippen molar-refractivity contribution in [1.29, 1.82) is 0 Å². The Kier molecular flexibility index (Phi) is 6.04. The molecule has 2 N–H and O–H groups in total. The molecule has 2 rings (SSSR count). The van der Waals surface area contributed by atoms with Gasteiger partial charge in [0.05, 0.1) is 19.3 Å². The van der Waals surface area contributed by atoms with E-state index in [0.29, 0.717) is 39.1 Å². The third-order valence-electron chi connectivity index (χ3n) is 3.84. The predicted molar refractivity (Wildman–Crippen MR) is 86.3 cm³/mol. The number of nitrogens with one attached hydrogen (secondary N) is 2. The molecule has 8 heteroatoms. The van der Waals surface area contributed by atoms with E-state index in [4.69, 9.17) is 9.47 Å². The number of amides is 3. The molecule has 0 aromatic carbocycles. The Morgan fingerprint density at radius 2 is 2.17 bits per heavy atom. The third kappa shape index (κ3) is 5.67. The van der Waals surface area contributed by atoms with E-state index in [9.17, 15) is 14.4 Å². The molecule has 2 aliphatic heterocycles. The fourth-order valence-corrected chi connectivity index (χ4v) is 2.67. The highest BCUT2D eigenvalue weighted by Gasteiger charge is 2.29. The van der Waals surface area contributed by atoms with Gasteiger partial charge in [0, 0.05) is 19.5 Å². The second-order valence-corrected chi connectivity index (χ2v) is 7.18. The number of morpholine rings is 1. The molecule has 0 bridgehead atoms. The van der Waals surface area contributed by atoms with Crippen LogP contribution in [0.25, 0.3) is 0 Å². The van der Waals surface area contributed by atoms with Crippen LogP contribution in [0.5, 0.6) is 0 Å². The van der Waals surface area contributed by atoms with Crippen molar-refractivity contribution in [2.45, 2.75) is 57.8 Å². The topological polar surface area (TPSA) is 97.0 Å². The number of hydrogen-bond acceptors (Lipinski definition) is 5. The molecule has 136 valence electrons. The van der Waals surface area contributed by atoms with Gasteiger partial charge in [-0.15, -0.1) is 0 Å². The molecular weight excluding hydrogens is 314 g/mol. The summed E-state index contributed by atoms with van der Waals surface area (Å²) in [6.45, 7) is 7.00. The summed E-state index contributed by atoms with van der Waals surface area (Å²) in [5.74, 6) is -0.299. The summed E-state index contributed by atoms with van der Waals surface area (Å²) in [5, 5.41) is 5.47. The van der Waals surface area contributed by atoms with E-state index in [1.54, 1.807) is 4.90 Å². The minimum absolute atomic E-state index is 0.0913. The van der Waals surface area contributed by atoms with Crippen molar-refractivity contribution in [3.8, 4) is 0 Å². The number of piperidine rings is 1. The van der Waals surface area contributed by atoms with Crippen LogP contribution in [-0.2, 0) is 19.1 Å². The fraction of sp³-hybridized carbons (Fsp3) is 0.812. The largest absolute Gasteiger partial charge is 0.444 e. The normalized spacial score (nSPS) is 25.0. The maximum Gasteiger partial charge on any atom is 0.410 e. The maximum atomic E-state index is 12.1. The lowest BCUT2D eigenvalue weighted by molar-refractivity contribution is -0.131. The second-order valence-electron chi connectivity index (χ2n) is 7.18. The molecule has 0 aromatic heterocycles. The van der Waals surface area contributed by atoms with E-state index in [-0.39, 0.29) is 24.0 Å². The predicted octanol–water partition coefficient (Wildman–Crippen LogP) is 0.407. The number of hydrogen-bond donors (Lipinski definition) is 2. The van der Waals surface area contributed by atoms with Gasteiger partial charge in [-0.1, -0.05) is 0 Å². The van der Waals surface area contributed by atoms with Gasteiger partial charge in [-0.2, -0.15) is 0 Å². The van der Waals surface area contributed by atoms with E-state index >= 15 is 0 Å². The van der Waals surface area contributed by atoms with E-state index < -0.39 is 11.6 Å². The maximum absolute atomic E-state index is 12.1. The number of carbonyl (C=O) groups excluding carboxylic acids is 3. The summed E-state index contributed by atoms with van der Waals surface area (Å²) >= 11 is 0. The van der Waals surface area contributed by atoms with E-state index in [0.717, 1.165) is 6.42 Å². The molecule has 2 saturated heterocycles. The molecule has 2 aliphatic rings. The van der Waals surface area contributed by atoms with Gasteiger partial charge in [-0.3, -0.25) is 9.59 Å². The summed E-state index contributed by atoms with van der Waals surface area (Å²) in [6, 6.07) is -0.475. The van der Waals surface area contributed by atoms with Crippen LogP contribution in [0.1, 0.15) is 40.0 Å². The molecule has 0 aromatic rings. The first-order valence-electron chi connectivity index (χ1n) is 8.41. The van der Waals surface area contributed by atoms with Gasteiger partial charge in [0.2, 0.25) is 11.8 Å². The van der Waals surface area contributed by atoms with Crippen molar-refractivity contribution in [2.75, 3.05) is 26.2 Å². The monoisotopic (exact) mass is 341 g/mol. The second kappa shape index (κ2) is 7.83. The number of nitrogens with zero attached hydrogens (tertiary/aromatic N) is 1. The minimum Gasteiger partial charge on any atom is -0.444 e. The van der Waals surface area contributed by atoms with Crippen molar-refractivity contribution in [1.82, 2.24) is 15.5 Å². The van der Waals surface area contributed by atoms with Crippen LogP contribution < -0.4 is 10.6 Å². The molecule has 0 saturated carbocycles. The fourth-order valence-electron chi connectivity index (χ4n) is 2.67. The average molecular weight is 341 g/mol. The quantitative estimate of drug-likeness (QED) is 0.775. The first-order valence-corrected chi connectivity index (χ1v) is 8.41. The van der Waals surface area contributed by atoms with Crippen molar-refractivity contribution in [3.05, 3.63) is 0 Å². The van der Waals surface area contributed by atoms with Crippen LogP contribution in [0.3, 0.4) is 0 Å². The van der Waals surface area contributed by atoms with Gasteiger partial charge >= 0.3 is 6.09 Å². The van der Waals surface area contributed by atoms with Crippen molar-refractivity contribution in [2.24, 2.45) is 0 Å². The Balaban J connectivity index is 1.77. The van der Waals surface area contributed by atoms with Crippen LogP contribution in [0.2, 0.25) is 0 Å². The molecule has 2 heterocycles. The number of ether oxygens (including phenoxy) is 2. The van der Waals surface area contributed by atoms with Crippen molar-refractivity contribution < 1.29 is 23.9 Å². The summed E-state index contributed by atoms with van der Waals surface area (Å²) in [7, 11) is 0. The first kappa shape index (κ1) is 18.5. The Bertz CT molecular complexity index is 489. The smallest absolute Gasteiger partial charge is 0.410 e. The number of carbonyl (C=O) groups is 3. The molecule has 0 aliphatic carbocycles. The van der Waals surface area contributed by atoms with Crippen LogP contribution >= 0.6 is 0 Å². The zero-order valence-electron chi connectivity index (χ0n) is 14.6. The Hall–Kier alpha value is -1.83. The van der Waals surface area contributed by atoms with Crippen LogP contribution in [0.15, 0.2) is 0 Å². The molecule has 2 atom stereocenters. The Morgan fingerprint density at radius 1 is 1.42 bits per heavy atom. The van der Waals surface area contributed by atoms with Gasteiger partial charge in [-0.25, -0.2) is 4.79 Å². The molecule has 8 nitrogen and oxygen atoms in total. The summed E-state index contributed by atoms with van der Waals surface area (Å²) in [4.78, 5) is 37.1. The molecule has 3 amide bonds. The first-order chi connectivity index (χ1) is 11.2. The molecule has 2 fully saturated rings. The Morgan fingerprint density at radius 3 is 2.83 bits per heavy atom. The van der Waals surface area contributed by atoms with Gasteiger partial charge < -0.3 is 25.0 Å². The lowest BCUT2D eigenvalue weighted by Gasteiger charge is -2.34. The Labute approximate surface area is 142 Å². The molecule has 24 heavy (non-hydrogen) atoms. The SMILES string of the molecule is CC(C)(C)OC(=O)N1CCOC(CNC(=O)C2CCCC(=O)N2)C1. The molecule has 0 radical (unpaired) electrons. The van der Waals surface area contributed by atoms with Gasteiger partial charge in [-0.05, 0) is 33.6 Å². The molecule has 0 spiro atoms. The third-order valence-corrected chi connectivity index (χ3v) is 3.84.